The smallest absolute Gasteiger partial charge is 0.236 e. The van der Waals surface area contributed by atoms with Crippen LogP contribution < -0.4 is 11.1 Å². The molecule has 0 aliphatic rings. The van der Waals surface area contributed by atoms with Gasteiger partial charge in [-0.3, -0.25) is 9.69 Å². The second-order valence-electron chi connectivity index (χ2n) is 4.46. The molecule has 1 atom stereocenters. The Bertz CT molecular complexity index is 392. The van der Waals surface area contributed by atoms with Crippen LogP contribution in [0, 0.1) is 0 Å². The maximum absolute atomic E-state index is 11.7. The molecule has 0 heterocycles. The molecule has 1 rings (SSSR count). The standard InChI is InChI=1S/C14H23N3O/c1-4-9-17(11(2)14(18)16-3)10-12-7-5-6-8-13(12)15/h5-8,11H,4,9-10,15H2,1-3H3,(H,16,18). The first-order valence-electron chi connectivity index (χ1n) is 6.39. The van der Waals surface area contributed by atoms with Gasteiger partial charge in [-0.15, -0.1) is 0 Å². The SMILES string of the molecule is CCCN(Cc1ccccc1N)C(C)C(=O)NC. The number of nitrogens with two attached hydrogens (primary N) is 1. The summed E-state index contributed by atoms with van der Waals surface area (Å²) in [6, 6.07) is 7.65. The van der Waals surface area contributed by atoms with Gasteiger partial charge in [0.1, 0.15) is 0 Å². The molecule has 4 nitrogen and oxygen atoms in total. The lowest BCUT2D eigenvalue weighted by atomic mass is 10.1. The largest absolute Gasteiger partial charge is 0.398 e. The highest BCUT2D eigenvalue weighted by atomic mass is 16.2. The molecule has 1 unspecified atom stereocenters. The normalized spacial score (nSPS) is 12.4. The van der Waals surface area contributed by atoms with Crippen LogP contribution >= 0.6 is 0 Å². The van der Waals surface area contributed by atoms with Crippen molar-refractivity contribution in [3.63, 3.8) is 0 Å². The van der Waals surface area contributed by atoms with Gasteiger partial charge in [-0.05, 0) is 31.5 Å². The summed E-state index contributed by atoms with van der Waals surface area (Å²) in [6.07, 6.45) is 1.01. The fourth-order valence-electron chi connectivity index (χ4n) is 1.97. The summed E-state index contributed by atoms with van der Waals surface area (Å²) in [6.45, 7) is 5.61. The third kappa shape index (κ3) is 3.74. The highest BCUT2D eigenvalue weighted by Gasteiger charge is 2.20. The summed E-state index contributed by atoms with van der Waals surface area (Å²) < 4.78 is 0. The molecule has 3 N–H and O–H groups in total. The minimum Gasteiger partial charge on any atom is -0.398 e. The number of hydrogen-bond donors (Lipinski definition) is 2. The molecule has 0 aromatic heterocycles. The average molecular weight is 249 g/mol. The van der Waals surface area contributed by atoms with Gasteiger partial charge >= 0.3 is 0 Å². The lowest BCUT2D eigenvalue weighted by molar-refractivity contribution is -0.125. The number of para-hydroxylation sites is 1. The Morgan fingerprint density at radius 2 is 2.11 bits per heavy atom. The van der Waals surface area contributed by atoms with Crippen LogP contribution in [0.2, 0.25) is 0 Å². The zero-order valence-electron chi connectivity index (χ0n) is 11.4. The predicted molar refractivity (Wildman–Crippen MR) is 75.1 cm³/mol. The Labute approximate surface area is 109 Å². The van der Waals surface area contributed by atoms with Crippen molar-refractivity contribution in [2.75, 3.05) is 19.3 Å². The summed E-state index contributed by atoms with van der Waals surface area (Å²) in [5, 5.41) is 2.69. The van der Waals surface area contributed by atoms with Gasteiger partial charge in [0, 0.05) is 19.3 Å². The fourth-order valence-corrected chi connectivity index (χ4v) is 1.97. The van der Waals surface area contributed by atoms with Gasteiger partial charge in [0.25, 0.3) is 0 Å². The van der Waals surface area contributed by atoms with Crippen molar-refractivity contribution in [1.29, 1.82) is 0 Å². The minimum absolute atomic E-state index is 0.0398. The van der Waals surface area contributed by atoms with Crippen molar-refractivity contribution < 1.29 is 4.79 Å². The van der Waals surface area contributed by atoms with Gasteiger partial charge in [0.05, 0.1) is 6.04 Å². The third-order valence-electron chi connectivity index (χ3n) is 3.11. The van der Waals surface area contributed by atoms with Crippen molar-refractivity contribution in [2.45, 2.75) is 32.9 Å². The molecular formula is C14H23N3O. The van der Waals surface area contributed by atoms with Crippen molar-refractivity contribution in [1.82, 2.24) is 10.2 Å². The fraction of sp³-hybridized carbons (Fsp3) is 0.500. The number of nitrogen functional groups attached to an aromatic ring is 1. The van der Waals surface area contributed by atoms with E-state index in [0.29, 0.717) is 6.54 Å². The summed E-state index contributed by atoms with van der Waals surface area (Å²) in [7, 11) is 1.67. The van der Waals surface area contributed by atoms with E-state index in [1.807, 2.05) is 31.2 Å². The molecule has 0 bridgehead atoms. The third-order valence-corrected chi connectivity index (χ3v) is 3.11. The van der Waals surface area contributed by atoms with Crippen LogP contribution in [-0.4, -0.2) is 30.4 Å². The number of hydrogen-bond acceptors (Lipinski definition) is 3. The van der Waals surface area contributed by atoms with Gasteiger partial charge in [-0.1, -0.05) is 25.1 Å². The van der Waals surface area contributed by atoms with Gasteiger partial charge < -0.3 is 11.1 Å². The molecule has 100 valence electrons. The van der Waals surface area contributed by atoms with E-state index in [-0.39, 0.29) is 11.9 Å². The Morgan fingerprint density at radius 3 is 2.67 bits per heavy atom. The van der Waals surface area contributed by atoms with E-state index in [2.05, 4.69) is 17.1 Å². The molecule has 0 saturated heterocycles. The van der Waals surface area contributed by atoms with Crippen LogP contribution in [0.3, 0.4) is 0 Å². The molecule has 4 heteroatoms. The first-order valence-corrected chi connectivity index (χ1v) is 6.39. The van der Waals surface area contributed by atoms with E-state index in [0.717, 1.165) is 24.2 Å². The van der Waals surface area contributed by atoms with Crippen LogP contribution in [0.1, 0.15) is 25.8 Å². The van der Waals surface area contributed by atoms with Crippen LogP contribution in [0.5, 0.6) is 0 Å². The van der Waals surface area contributed by atoms with Crippen LogP contribution in [-0.2, 0) is 11.3 Å². The number of likely N-dealkylation sites (N-methyl/N-ethyl adjacent to an activating group) is 1. The summed E-state index contributed by atoms with van der Waals surface area (Å²) in [5.41, 5.74) is 7.80. The van der Waals surface area contributed by atoms with Crippen molar-refractivity contribution >= 4 is 11.6 Å². The quantitative estimate of drug-likeness (QED) is 0.753. The highest BCUT2D eigenvalue weighted by Crippen LogP contribution is 2.15. The maximum atomic E-state index is 11.7. The van der Waals surface area contributed by atoms with Crippen molar-refractivity contribution in [2.24, 2.45) is 0 Å². The highest BCUT2D eigenvalue weighted by molar-refractivity contribution is 5.80. The second kappa shape index (κ2) is 7.01. The maximum Gasteiger partial charge on any atom is 0.236 e. The van der Waals surface area contributed by atoms with E-state index in [4.69, 9.17) is 5.73 Å². The summed E-state index contributed by atoms with van der Waals surface area (Å²) in [5.74, 6) is 0.0398. The van der Waals surface area contributed by atoms with E-state index < -0.39 is 0 Å². The molecule has 0 aliphatic carbocycles. The number of nitrogens with zero attached hydrogens (tertiary/aromatic N) is 1. The lowest BCUT2D eigenvalue weighted by Gasteiger charge is -2.28. The number of carbonyl (C=O) groups is 1. The topological polar surface area (TPSA) is 58.4 Å². The molecule has 1 amide bonds. The minimum atomic E-state index is -0.144. The monoisotopic (exact) mass is 249 g/mol. The van der Waals surface area contributed by atoms with Crippen LogP contribution in [0.15, 0.2) is 24.3 Å². The van der Waals surface area contributed by atoms with Gasteiger partial charge in [-0.2, -0.15) is 0 Å². The second-order valence-corrected chi connectivity index (χ2v) is 4.46. The Morgan fingerprint density at radius 1 is 1.44 bits per heavy atom. The van der Waals surface area contributed by atoms with Crippen molar-refractivity contribution in [3.8, 4) is 0 Å². The molecular weight excluding hydrogens is 226 g/mol. The van der Waals surface area contributed by atoms with E-state index in [1.165, 1.54) is 0 Å². The molecule has 0 spiro atoms. The van der Waals surface area contributed by atoms with E-state index >= 15 is 0 Å². The number of nitrogens with one attached hydrogen (secondary N) is 1. The summed E-state index contributed by atoms with van der Waals surface area (Å²) >= 11 is 0. The first-order chi connectivity index (χ1) is 8.60. The molecule has 18 heavy (non-hydrogen) atoms. The van der Waals surface area contributed by atoms with Gasteiger partial charge in [0.2, 0.25) is 5.91 Å². The molecule has 0 aliphatic heterocycles. The lowest BCUT2D eigenvalue weighted by Crippen LogP contribution is -2.44. The van der Waals surface area contributed by atoms with Gasteiger partial charge in [0.15, 0.2) is 0 Å². The van der Waals surface area contributed by atoms with Gasteiger partial charge in [-0.25, -0.2) is 0 Å². The van der Waals surface area contributed by atoms with E-state index in [1.54, 1.807) is 7.05 Å². The number of benzene rings is 1. The number of carbonyl (C=O) groups excluding carboxylic acids is 1. The Balaban J connectivity index is 2.80. The zero-order valence-corrected chi connectivity index (χ0v) is 11.4. The zero-order chi connectivity index (χ0) is 13.5. The number of rotatable bonds is 6. The Hall–Kier alpha value is -1.55. The number of anilines is 1. The number of amides is 1. The molecule has 1 aromatic carbocycles. The molecule has 0 saturated carbocycles. The molecule has 0 radical (unpaired) electrons. The molecule has 1 aromatic rings. The predicted octanol–water partition coefficient (Wildman–Crippen LogP) is 1.62. The van der Waals surface area contributed by atoms with Crippen LogP contribution in [0.25, 0.3) is 0 Å². The Kier molecular flexibility index (Phi) is 5.65. The van der Waals surface area contributed by atoms with Crippen molar-refractivity contribution in [3.05, 3.63) is 29.8 Å². The first kappa shape index (κ1) is 14.5. The van der Waals surface area contributed by atoms with Crippen LogP contribution in [0.4, 0.5) is 5.69 Å². The summed E-state index contributed by atoms with van der Waals surface area (Å²) in [4.78, 5) is 13.9. The van der Waals surface area contributed by atoms with E-state index in [9.17, 15) is 4.79 Å². The molecule has 0 fully saturated rings. The average Bonchev–Trinajstić information content (AvgIpc) is 2.39.